The summed E-state index contributed by atoms with van der Waals surface area (Å²) < 4.78 is 46.0. The average molecular weight is 496 g/mol. The van der Waals surface area contributed by atoms with Gasteiger partial charge in [0, 0.05) is 23.9 Å². The van der Waals surface area contributed by atoms with Gasteiger partial charge in [-0.25, -0.2) is 9.97 Å². The van der Waals surface area contributed by atoms with Crippen molar-refractivity contribution in [2.45, 2.75) is 11.9 Å². The van der Waals surface area contributed by atoms with E-state index in [9.17, 15) is 13.6 Å². The van der Waals surface area contributed by atoms with Gasteiger partial charge in [-0.3, -0.25) is 4.72 Å². The number of aryl methyl sites for hydroxylation is 1. The molecule has 1 N–H and O–H groups in total. The number of sulfonamides is 1. The third kappa shape index (κ3) is 5.22. The highest BCUT2D eigenvalue weighted by Gasteiger charge is 2.25. The summed E-state index contributed by atoms with van der Waals surface area (Å²) in [5, 5.41) is 11.2. The van der Waals surface area contributed by atoms with Crippen LogP contribution in [0.25, 0.3) is 11.4 Å². The lowest BCUT2D eigenvalue weighted by molar-refractivity contribution is -0.605. The Labute approximate surface area is 201 Å². The zero-order valence-electron chi connectivity index (χ0n) is 19.0. The van der Waals surface area contributed by atoms with Gasteiger partial charge in [0.05, 0.1) is 14.2 Å². The Bertz CT molecular complexity index is 1440. The largest absolute Gasteiger partial charge is 0.619 e. The molecule has 0 fully saturated rings. The maximum absolute atomic E-state index is 13.1. The van der Waals surface area contributed by atoms with Gasteiger partial charge < -0.3 is 19.4 Å². The number of rotatable bonds is 8. The molecule has 35 heavy (non-hydrogen) atoms. The normalized spacial score (nSPS) is 11.1. The molecule has 12 heteroatoms. The summed E-state index contributed by atoms with van der Waals surface area (Å²) in [5.41, 5.74) is 1.25. The number of para-hydroxylation sites is 2. The molecule has 3 aromatic heterocycles. The zero-order chi connectivity index (χ0) is 25.0. The van der Waals surface area contributed by atoms with Gasteiger partial charge in [0.25, 0.3) is 15.9 Å². The Morgan fingerprint density at radius 3 is 2.29 bits per heavy atom. The van der Waals surface area contributed by atoms with Crippen LogP contribution in [0.3, 0.4) is 0 Å². The SMILES string of the molecule is COc1ccccc1Oc1c(NS(=O)(=O)c2ccc(C)cn2)nc(-c2cc[n+]([O-])cc2)nc1OC. The van der Waals surface area contributed by atoms with E-state index in [1.54, 1.807) is 37.3 Å². The number of anilines is 1. The summed E-state index contributed by atoms with van der Waals surface area (Å²) in [7, 11) is -1.33. The van der Waals surface area contributed by atoms with Gasteiger partial charge in [-0.1, -0.05) is 18.2 Å². The first-order chi connectivity index (χ1) is 16.8. The lowest BCUT2D eigenvalue weighted by Gasteiger charge is -2.17. The van der Waals surface area contributed by atoms with Crippen LogP contribution >= 0.6 is 0 Å². The number of hydrogen-bond acceptors (Lipinski definition) is 9. The van der Waals surface area contributed by atoms with Crippen molar-refractivity contribution in [3.8, 4) is 34.5 Å². The molecule has 0 unspecified atom stereocenters. The van der Waals surface area contributed by atoms with Gasteiger partial charge in [0.15, 0.2) is 40.6 Å². The minimum atomic E-state index is -4.16. The van der Waals surface area contributed by atoms with Crippen LogP contribution in [0, 0.1) is 12.1 Å². The van der Waals surface area contributed by atoms with Crippen molar-refractivity contribution in [3.05, 3.63) is 77.9 Å². The Balaban J connectivity index is 1.86. The Morgan fingerprint density at radius 1 is 0.943 bits per heavy atom. The fraction of sp³-hybridized carbons (Fsp3) is 0.130. The first kappa shape index (κ1) is 23.7. The molecule has 0 spiro atoms. The maximum Gasteiger partial charge on any atom is 0.280 e. The first-order valence-electron chi connectivity index (χ1n) is 10.2. The van der Waals surface area contributed by atoms with E-state index < -0.39 is 10.0 Å². The van der Waals surface area contributed by atoms with Crippen molar-refractivity contribution in [2.75, 3.05) is 18.9 Å². The number of ether oxygens (including phenoxy) is 3. The van der Waals surface area contributed by atoms with Crippen LogP contribution in [0.15, 0.2) is 72.1 Å². The van der Waals surface area contributed by atoms with Crippen LogP contribution in [0.2, 0.25) is 0 Å². The molecule has 0 aliphatic rings. The van der Waals surface area contributed by atoms with Gasteiger partial charge >= 0.3 is 0 Å². The van der Waals surface area contributed by atoms with Crippen LogP contribution < -0.4 is 23.7 Å². The van der Waals surface area contributed by atoms with Gasteiger partial charge in [-0.15, -0.1) is 0 Å². The van der Waals surface area contributed by atoms with Crippen molar-refractivity contribution >= 4 is 15.8 Å². The van der Waals surface area contributed by atoms with E-state index in [2.05, 4.69) is 19.7 Å². The molecule has 0 atom stereocenters. The summed E-state index contributed by atoms with van der Waals surface area (Å²) in [5.74, 6) is 0.449. The van der Waals surface area contributed by atoms with Crippen LogP contribution in [0.5, 0.6) is 23.1 Å². The van der Waals surface area contributed by atoms with Gasteiger partial charge in [-0.05, 0) is 30.7 Å². The van der Waals surface area contributed by atoms with Crippen molar-refractivity contribution in [3.63, 3.8) is 0 Å². The van der Waals surface area contributed by atoms with Crippen molar-refractivity contribution < 1.29 is 27.4 Å². The smallest absolute Gasteiger partial charge is 0.280 e. The van der Waals surface area contributed by atoms with Crippen molar-refractivity contribution in [1.82, 2.24) is 15.0 Å². The highest BCUT2D eigenvalue weighted by Crippen LogP contribution is 2.41. The Hall–Kier alpha value is -4.45. The summed E-state index contributed by atoms with van der Waals surface area (Å²) in [6.07, 6.45) is 3.98. The highest BCUT2D eigenvalue weighted by atomic mass is 32.2. The van der Waals surface area contributed by atoms with Gasteiger partial charge in [0.1, 0.15) is 0 Å². The predicted molar refractivity (Wildman–Crippen MR) is 126 cm³/mol. The molecule has 0 saturated carbocycles. The summed E-state index contributed by atoms with van der Waals surface area (Å²) >= 11 is 0. The quantitative estimate of drug-likeness (QED) is 0.288. The molecular weight excluding hydrogens is 474 g/mol. The third-order valence-corrected chi connectivity index (χ3v) is 6.01. The number of aromatic nitrogens is 4. The molecule has 0 amide bonds. The molecule has 0 radical (unpaired) electrons. The van der Waals surface area contributed by atoms with Crippen molar-refractivity contribution in [2.24, 2.45) is 0 Å². The van der Waals surface area contributed by atoms with Crippen LogP contribution in [0.1, 0.15) is 5.56 Å². The molecule has 0 aliphatic heterocycles. The number of hydrogen-bond donors (Lipinski definition) is 1. The summed E-state index contributed by atoms with van der Waals surface area (Å²) in [4.78, 5) is 12.7. The van der Waals surface area contributed by atoms with E-state index in [1.165, 1.54) is 51.0 Å². The predicted octanol–water partition coefficient (Wildman–Crippen LogP) is 3.09. The fourth-order valence-electron chi connectivity index (χ4n) is 3.03. The standard InChI is InChI=1S/C23H21N5O6S/c1-15-8-9-19(24-14-15)35(30,31)27-22-20(34-18-7-5-4-6-17(18)32-2)23(33-3)26-21(25-22)16-10-12-28(29)13-11-16/h4-14H,1-3H3,(H,25,26,27). The second-order valence-electron chi connectivity index (χ2n) is 7.21. The van der Waals surface area contributed by atoms with E-state index >= 15 is 0 Å². The maximum atomic E-state index is 13.1. The molecule has 0 saturated heterocycles. The minimum absolute atomic E-state index is 0.0469. The van der Waals surface area contributed by atoms with Crippen LogP contribution in [0.4, 0.5) is 5.82 Å². The molecule has 180 valence electrons. The number of pyridine rings is 2. The summed E-state index contributed by atoms with van der Waals surface area (Å²) in [6, 6.07) is 12.8. The second kappa shape index (κ2) is 9.81. The summed E-state index contributed by atoms with van der Waals surface area (Å²) in [6.45, 7) is 1.79. The third-order valence-electron chi connectivity index (χ3n) is 4.76. The number of nitrogens with one attached hydrogen (secondary N) is 1. The molecule has 3 heterocycles. The molecule has 4 aromatic rings. The fourth-order valence-corrected chi connectivity index (χ4v) is 3.96. The van der Waals surface area contributed by atoms with Crippen molar-refractivity contribution in [1.29, 1.82) is 0 Å². The van der Waals surface area contributed by atoms with Crippen LogP contribution in [-0.2, 0) is 10.0 Å². The molecule has 0 aliphatic carbocycles. The van der Waals surface area contributed by atoms with E-state index in [0.717, 1.165) is 5.56 Å². The van der Waals surface area contributed by atoms with Gasteiger partial charge in [-0.2, -0.15) is 18.1 Å². The highest BCUT2D eigenvalue weighted by molar-refractivity contribution is 7.92. The number of benzene rings is 1. The van der Waals surface area contributed by atoms with E-state index in [0.29, 0.717) is 16.0 Å². The lowest BCUT2D eigenvalue weighted by Crippen LogP contribution is -2.23. The lowest BCUT2D eigenvalue weighted by atomic mass is 10.2. The Morgan fingerprint density at radius 2 is 1.66 bits per heavy atom. The number of nitrogens with zero attached hydrogens (tertiary/aromatic N) is 4. The monoisotopic (exact) mass is 495 g/mol. The molecule has 4 rings (SSSR count). The molecule has 1 aromatic carbocycles. The molecule has 11 nitrogen and oxygen atoms in total. The topological polar surface area (TPSA) is 139 Å². The molecule has 0 bridgehead atoms. The van der Waals surface area contributed by atoms with E-state index in [4.69, 9.17) is 14.2 Å². The van der Waals surface area contributed by atoms with E-state index in [1.807, 2.05) is 0 Å². The average Bonchev–Trinajstić information content (AvgIpc) is 2.85. The van der Waals surface area contributed by atoms with Gasteiger partial charge in [0.2, 0.25) is 5.75 Å². The van der Waals surface area contributed by atoms with E-state index in [-0.39, 0.29) is 34.0 Å². The van der Waals surface area contributed by atoms with Crippen LogP contribution in [-0.4, -0.2) is 37.6 Å². The zero-order valence-corrected chi connectivity index (χ0v) is 19.8. The second-order valence-corrected chi connectivity index (χ2v) is 8.84. The first-order valence-corrected chi connectivity index (χ1v) is 11.7. The minimum Gasteiger partial charge on any atom is -0.619 e. The number of methoxy groups -OCH3 is 2. The Kier molecular flexibility index (Phi) is 6.64. The molecular formula is C23H21N5O6S.